The summed E-state index contributed by atoms with van der Waals surface area (Å²) in [7, 11) is -3.87. The van der Waals surface area contributed by atoms with Gasteiger partial charge in [-0.2, -0.15) is 0 Å². The minimum absolute atomic E-state index is 0.00643. The molecule has 0 aromatic heterocycles. The van der Waals surface area contributed by atoms with Gasteiger partial charge in [-0.3, -0.25) is 24.7 Å². The molecule has 53 heavy (non-hydrogen) atoms. The van der Waals surface area contributed by atoms with E-state index in [1.54, 1.807) is 81.4 Å². The number of nitrogens with one attached hydrogen (secondary N) is 3. The minimum atomic E-state index is -3.87. The van der Waals surface area contributed by atoms with E-state index in [-0.39, 0.29) is 39.4 Å². The maximum Gasteiger partial charge on any atom is 0.341 e. The molecule has 1 amide bonds. The van der Waals surface area contributed by atoms with E-state index in [1.807, 2.05) is 13.8 Å². The van der Waals surface area contributed by atoms with Crippen LogP contribution in [-0.4, -0.2) is 61.9 Å². The first-order chi connectivity index (χ1) is 24.9. The summed E-state index contributed by atoms with van der Waals surface area (Å²) in [5, 5.41) is 2.62. The molecule has 1 unspecified atom stereocenters. The SMILES string of the molecule is CC(C)[C@H](NS(=O)(=O)Cc1ccccc1)C1=CC(Cc2ccccc2)(C(=O)N[C@@H](CC(=O)OC(C)(C)C)C(=O)COC(=O)c2c(Cl)cccc2Cl)ON1. The Balaban J connectivity index is 1.64. The van der Waals surface area contributed by atoms with E-state index in [2.05, 4.69) is 15.5 Å². The molecule has 3 N–H and O–H groups in total. The third-order valence-electron chi connectivity index (χ3n) is 7.94. The summed E-state index contributed by atoms with van der Waals surface area (Å²) in [5.74, 6) is -4.03. The Morgan fingerprint density at radius 3 is 2.04 bits per heavy atom. The molecule has 0 spiro atoms. The number of hydroxylamine groups is 1. The normalized spacial score (nSPS) is 16.9. The summed E-state index contributed by atoms with van der Waals surface area (Å²) in [6.45, 7) is 7.71. The van der Waals surface area contributed by atoms with Gasteiger partial charge in [0.15, 0.2) is 18.0 Å². The fourth-order valence-corrected chi connectivity index (χ4v) is 7.51. The van der Waals surface area contributed by atoms with E-state index >= 15 is 0 Å². The fraction of sp³-hybridized carbons (Fsp3) is 0.368. The predicted octanol–water partition coefficient (Wildman–Crippen LogP) is 5.48. The smallest absolute Gasteiger partial charge is 0.341 e. The molecular formula is C38H43Cl2N3O9S. The third-order valence-corrected chi connectivity index (χ3v) is 9.89. The van der Waals surface area contributed by atoms with Crippen molar-refractivity contribution in [1.82, 2.24) is 15.5 Å². The summed E-state index contributed by atoms with van der Waals surface area (Å²) in [5.41, 5.74) is 1.40. The van der Waals surface area contributed by atoms with Crippen molar-refractivity contribution in [3.8, 4) is 0 Å². The van der Waals surface area contributed by atoms with Crippen molar-refractivity contribution in [2.75, 3.05) is 6.61 Å². The lowest BCUT2D eigenvalue weighted by Gasteiger charge is -2.28. The molecule has 1 aliphatic rings. The Morgan fingerprint density at radius 2 is 1.47 bits per heavy atom. The van der Waals surface area contributed by atoms with Crippen molar-refractivity contribution in [3.05, 3.63) is 117 Å². The van der Waals surface area contributed by atoms with Gasteiger partial charge in [-0.1, -0.05) is 104 Å². The quantitative estimate of drug-likeness (QED) is 0.158. The number of rotatable bonds is 16. The lowest BCUT2D eigenvalue weighted by Crippen LogP contribution is -2.54. The summed E-state index contributed by atoms with van der Waals surface area (Å²) < 4.78 is 40.0. The molecule has 284 valence electrons. The summed E-state index contributed by atoms with van der Waals surface area (Å²) >= 11 is 12.3. The molecule has 0 bridgehead atoms. The molecule has 3 aromatic carbocycles. The van der Waals surface area contributed by atoms with Crippen LogP contribution in [0.3, 0.4) is 0 Å². The molecule has 1 heterocycles. The summed E-state index contributed by atoms with van der Waals surface area (Å²) in [6, 6.07) is 19.6. The highest BCUT2D eigenvalue weighted by Gasteiger charge is 2.46. The highest BCUT2D eigenvalue weighted by Crippen LogP contribution is 2.30. The van der Waals surface area contributed by atoms with Crippen LogP contribution in [0.5, 0.6) is 0 Å². The van der Waals surface area contributed by atoms with Crippen LogP contribution in [0.2, 0.25) is 10.0 Å². The summed E-state index contributed by atoms with van der Waals surface area (Å²) in [4.78, 5) is 59.8. The number of hydrogen-bond acceptors (Lipinski definition) is 10. The average Bonchev–Trinajstić information content (AvgIpc) is 3.50. The van der Waals surface area contributed by atoms with Gasteiger partial charge in [0.2, 0.25) is 10.0 Å². The highest BCUT2D eigenvalue weighted by molar-refractivity contribution is 7.88. The maximum absolute atomic E-state index is 14.4. The van der Waals surface area contributed by atoms with Crippen LogP contribution in [0, 0.1) is 5.92 Å². The number of carbonyl (C=O) groups excluding carboxylic acids is 4. The van der Waals surface area contributed by atoms with Gasteiger partial charge in [0.05, 0.1) is 39.5 Å². The van der Waals surface area contributed by atoms with Crippen LogP contribution >= 0.6 is 23.2 Å². The fourth-order valence-electron chi connectivity index (χ4n) is 5.46. The number of ether oxygens (including phenoxy) is 2. The number of Topliss-reactive ketones (excluding diaryl/α,β-unsaturated/α-hetero) is 1. The van der Waals surface area contributed by atoms with Crippen molar-refractivity contribution in [2.24, 2.45) is 5.92 Å². The monoisotopic (exact) mass is 787 g/mol. The second-order valence-electron chi connectivity index (χ2n) is 13.9. The van der Waals surface area contributed by atoms with Crippen LogP contribution in [0.15, 0.2) is 90.6 Å². The van der Waals surface area contributed by atoms with E-state index in [0.717, 1.165) is 0 Å². The van der Waals surface area contributed by atoms with E-state index in [1.165, 1.54) is 24.3 Å². The Kier molecular flexibility index (Phi) is 13.9. The van der Waals surface area contributed by atoms with Crippen molar-refractivity contribution in [1.29, 1.82) is 0 Å². The van der Waals surface area contributed by atoms with Gasteiger partial charge in [-0.15, -0.1) is 0 Å². The van der Waals surface area contributed by atoms with Gasteiger partial charge in [-0.25, -0.2) is 17.9 Å². The lowest BCUT2D eigenvalue weighted by atomic mass is 9.90. The number of ketones is 1. The largest absolute Gasteiger partial charge is 0.460 e. The van der Waals surface area contributed by atoms with Crippen molar-refractivity contribution < 1.29 is 41.9 Å². The first-order valence-electron chi connectivity index (χ1n) is 16.8. The van der Waals surface area contributed by atoms with E-state index in [9.17, 15) is 27.6 Å². The van der Waals surface area contributed by atoms with Crippen molar-refractivity contribution >= 4 is 56.9 Å². The molecule has 0 saturated heterocycles. The third kappa shape index (κ3) is 11.9. The maximum atomic E-state index is 14.4. The summed E-state index contributed by atoms with van der Waals surface area (Å²) in [6.07, 6.45) is 0.816. The molecule has 0 fully saturated rings. The standard InChI is InChI=1S/C38H43Cl2N3O9S/c1-24(2)34(43-53(48,49)23-26-15-10-7-11-16-26)30-21-38(52-42-30,20-25-13-8-6-9-14-25)36(47)41-29(19-32(45)51-37(3,4)5)31(44)22-50-35(46)33-27(39)17-12-18-28(33)40/h6-18,21,24,29,34,42-43H,19-20,22-23H2,1-5H3,(H,41,47)/t29-,34-,38?/m0/s1. The number of sulfonamides is 1. The highest BCUT2D eigenvalue weighted by atomic mass is 35.5. The number of carbonyl (C=O) groups is 4. The molecule has 0 saturated carbocycles. The zero-order chi connectivity index (χ0) is 39.0. The van der Waals surface area contributed by atoms with Crippen LogP contribution in [0.4, 0.5) is 0 Å². The van der Waals surface area contributed by atoms with Gasteiger partial charge in [0, 0.05) is 6.42 Å². The number of hydrogen-bond donors (Lipinski definition) is 3. The zero-order valence-electron chi connectivity index (χ0n) is 30.0. The van der Waals surface area contributed by atoms with Gasteiger partial charge in [0.1, 0.15) is 11.6 Å². The Morgan fingerprint density at radius 1 is 0.887 bits per heavy atom. The van der Waals surface area contributed by atoms with Crippen LogP contribution in [-0.2, 0) is 50.9 Å². The Labute approximate surface area is 319 Å². The number of benzene rings is 3. The molecule has 12 nitrogen and oxygen atoms in total. The average molecular weight is 789 g/mol. The van der Waals surface area contributed by atoms with Gasteiger partial charge < -0.3 is 14.8 Å². The first kappa shape index (κ1) is 41.5. The minimum Gasteiger partial charge on any atom is -0.460 e. The molecule has 1 aliphatic heterocycles. The number of esters is 2. The topological polar surface area (TPSA) is 166 Å². The van der Waals surface area contributed by atoms with Crippen molar-refractivity contribution in [2.45, 2.75) is 76.5 Å². The van der Waals surface area contributed by atoms with Crippen LogP contribution in [0.25, 0.3) is 0 Å². The van der Waals surface area contributed by atoms with E-state index < -0.39 is 70.0 Å². The van der Waals surface area contributed by atoms with E-state index in [4.69, 9.17) is 37.5 Å². The molecule has 15 heteroatoms. The lowest BCUT2D eigenvalue weighted by molar-refractivity contribution is -0.157. The number of halogens is 2. The molecule has 3 atom stereocenters. The van der Waals surface area contributed by atoms with Gasteiger partial charge in [-0.05, 0) is 56.0 Å². The molecule has 0 aliphatic carbocycles. The predicted molar refractivity (Wildman–Crippen MR) is 200 cm³/mol. The molecule has 0 radical (unpaired) electrons. The first-order valence-corrected chi connectivity index (χ1v) is 19.2. The molecule has 4 rings (SSSR count). The second-order valence-corrected chi connectivity index (χ2v) is 16.5. The Hall–Kier alpha value is -4.27. The van der Waals surface area contributed by atoms with Crippen molar-refractivity contribution in [3.63, 3.8) is 0 Å². The van der Waals surface area contributed by atoms with Gasteiger partial charge >= 0.3 is 11.9 Å². The zero-order valence-corrected chi connectivity index (χ0v) is 32.3. The van der Waals surface area contributed by atoms with Gasteiger partial charge in [0.25, 0.3) is 5.91 Å². The van der Waals surface area contributed by atoms with Crippen LogP contribution in [0.1, 0.15) is 62.5 Å². The second kappa shape index (κ2) is 17.7. The van der Waals surface area contributed by atoms with E-state index in [0.29, 0.717) is 11.1 Å². The molecular weight excluding hydrogens is 745 g/mol. The Bertz CT molecular complexity index is 1910. The van der Waals surface area contributed by atoms with Crippen LogP contribution < -0.4 is 15.5 Å². The molecule has 3 aromatic rings. The number of amides is 1.